The molecule has 0 atom stereocenters. The Bertz CT molecular complexity index is 3210. The minimum Gasteiger partial charge on any atom is -0.228 e. The quantitative estimate of drug-likeness (QED) is 0.176. The Morgan fingerprint density at radius 2 is 0.877 bits per heavy atom. The first-order chi connectivity index (χ1) is 28.0. The lowest BCUT2D eigenvalue weighted by Crippen LogP contribution is -2.16. The largest absolute Gasteiger partial charge is 0.228 e. The second-order valence-electron chi connectivity index (χ2n) is 15.7. The molecular formula is C55H38N2. The van der Waals surface area contributed by atoms with Gasteiger partial charge in [-0.3, -0.25) is 0 Å². The van der Waals surface area contributed by atoms with Gasteiger partial charge in [0.05, 0.1) is 11.4 Å². The lowest BCUT2D eigenvalue weighted by Gasteiger charge is -2.25. The molecule has 1 aliphatic carbocycles. The van der Waals surface area contributed by atoms with Crippen LogP contribution < -0.4 is 0 Å². The Kier molecular flexibility index (Phi) is 7.55. The van der Waals surface area contributed by atoms with Crippen LogP contribution in [0.2, 0.25) is 0 Å². The van der Waals surface area contributed by atoms with E-state index < -0.39 is 0 Å². The molecule has 10 aromatic rings. The van der Waals surface area contributed by atoms with Gasteiger partial charge in [-0.1, -0.05) is 196 Å². The number of hydrogen-bond acceptors (Lipinski definition) is 2. The van der Waals surface area contributed by atoms with E-state index in [-0.39, 0.29) is 5.41 Å². The third-order valence-corrected chi connectivity index (χ3v) is 12.1. The average Bonchev–Trinajstić information content (AvgIpc) is 3.52. The maximum absolute atomic E-state index is 5.44. The zero-order chi connectivity index (χ0) is 38.1. The van der Waals surface area contributed by atoms with Crippen LogP contribution in [0.4, 0.5) is 0 Å². The van der Waals surface area contributed by atoms with Gasteiger partial charge in [-0.05, 0) is 89.0 Å². The van der Waals surface area contributed by atoms with E-state index in [9.17, 15) is 0 Å². The van der Waals surface area contributed by atoms with E-state index >= 15 is 0 Å². The highest BCUT2D eigenvalue weighted by atomic mass is 14.9. The fourth-order valence-electron chi connectivity index (χ4n) is 9.47. The van der Waals surface area contributed by atoms with Gasteiger partial charge in [0, 0.05) is 22.1 Å². The number of aromatic nitrogens is 2. The summed E-state index contributed by atoms with van der Waals surface area (Å²) in [6, 6.07) is 70.0. The summed E-state index contributed by atoms with van der Waals surface area (Å²) in [4.78, 5) is 10.9. The predicted molar refractivity (Wildman–Crippen MR) is 239 cm³/mol. The summed E-state index contributed by atoms with van der Waals surface area (Å²) in [6.45, 7) is 4.77. The molecule has 2 nitrogen and oxygen atoms in total. The maximum Gasteiger partial charge on any atom is 0.161 e. The van der Waals surface area contributed by atoms with Crippen molar-refractivity contribution in [1.82, 2.24) is 9.97 Å². The maximum atomic E-state index is 5.44. The summed E-state index contributed by atoms with van der Waals surface area (Å²) < 4.78 is 0. The second-order valence-corrected chi connectivity index (χ2v) is 15.7. The molecule has 1 aliphatic rings. The van der Waals surface area contributed by atoms with Crippen LogP contribution in [0.25, 0.3) is 99.6 Å². The minimum atomic E-state index is -0.179. The molecular weight excluding hydrogens is 689 g/mol. The van der Waals surface area contributed by atoms with Crippen LogP contribution in [0, 0.1) is 0 Å². The Labute approximate surface area is 332 Å². The summed E-state index contributed by atoms with van der Waals surface area (Å²) in [5.74, 6) is 0.707. The van der Waals surface area contributed by atoms with E-state index in [0.717, 1.165) is 44.6 Å². The lowest BCUT2D eigenvalue weighted by atomic mass is 9.78. The Balaban J connectivity index is 1.14. The van der Waals surface area contributed by atoms with Crippen molar-refractivity contribution in [2.75, 3.05) is 0 Å². The fourth-order valence-corrected chi connectivity index (χ4v) is 9.47. The highest BCUT2D eigenvalue weighted by Gasteiger charge is 2.38. The summed E-state index contributed by atoms with van der Waals surface area (Å²) in [5, 5.41) is 7.25. The van der Waals surface area contributed by atoms with Crippen molar-refractivity contribution in [3.05, 3.63) is 205 Å². The minimum absolute atomic E-state index is 0.179. The van der Waals surface area contributed by atoms with Crippen molar-refractivity contribution < 1.29 is 0 Å². The molecule has 11 rings (SSSR count). The molecule has 0 unspecified atom stereocenters. The van der Waals surface area contributed by atoms with E-state index in [1.54, 1.807) is 0 Å². The Morgan fingerprint density at radius 1 is 0.351 bits per heavy atom. The number of benzene rings is 9. The standard InChI is InChI=1S/C55H38N2/c1-55(2)49-33-30-37-19-7-9-23-40(37)52(49)48-29-15-28-46(53(48)55)43-31-32-47(42-25-12-11-24-41(42)43)54-56-50(44-26-13-10-22-38(44)35-16-4-3-5-17-35)34-51(57-54)45-27-14-20-36-18-6-8-21-39(36)45/h3-34H,1-2H3. The molecule has 0 saturated carbocycles. The number of fused-ring (bicyclic) bond motifs is 7. The van der Waals surface area contributed by atoms with Crippen molar-refractivity contribution in [1.29, 1.82) is 0 Å². The first-order valence-corrected chi connectivity index (χ1v) is 19.8. The van der Waals surface area contributed by atoms with Crippen molar-refractivity contribution in [2.45, 2.75) is 19.3 Å². The van der Waals surface area contributed by atoms with Gasteiger partial charge in [-0.25, -0.2) is 9.97 Å². The van der Waals surface area contributed by atoms with Crippen LogP contribution in [0.1, 0.15) is 25.0 Å². The van der Waals surface area contributed by atoms with Gasteiger partial charge in [0.2, 0.25) is 0 Å². The topological polar surface area (TPSA) is 25.8 Å². The first-order valence-electron chi connectivity index (χ1n) is 19.8. The zero-order valence-electron chi connectivity index (χ0n) is 31.9. The van der Waals surface area contributed by atoms with E-state index in [4.69, 9.17) is 9.97 Å². The fraction of sp³-hybridized carbons (Fsp3) is 0.0545. The summed E-state index contributed by atoms with van der Waals surface area (Å²) in [5.41, 5.74) is 15.0. The molecule has 0 amide bonds. The monoisotopic (exact) mass is 726 g/mol. The third-order valence-electron chi connectivity index (χ3n) is 12.1. The van der Waals surface area contributed by atoms with Gasteiger partial charge in [0.15, 0.2) is 5.82 Å². The molecule has 57 heavy (non-hydrogen) atoms. The number of nitrogens with zero attached hydrogens (tertiary/aromatic N) is 2. The molecule has 0 bridgehead atoms. The van der Waals surface area contributed by atoms with Crippen molar-refractivity contribution in [3.63, 3.8) is 0 Å². The lowest BCUT2D eigenvalue weighted by molar-refractivity contribution is 0.662. The molecule has 1 heterocycles. The second kappa shape index (κ2) is 13.0. The smallest absolute Gasteiger partial charge is 0.161 e. The first kappa shape index (κ1) is 33.2. The van der Waals surface area contributed by atoms with Crippen molar-refractivity contribution in [3.8, 4) is 67.3 Å². The van der Waals surface area contributed by atoms with Gasteiger partial charge in [0.25, 0.3) is 0 Å². The van der Waals surface area contributed by atoms with E-state index in [0.29, 0.717) is 5.82 Å². The SMILES string of the molecule is CC1(C)c2ccc3ccccc3c2-c2cccc(-c3ccc(-c4nc(-c5ccccc5-c5ccccc5)cc(-c5cccc6ccccc56)n4)c4ccccc34)c21. The van der Waals surface area contributed by atoms with Crippen LogP contribution in [0.3, 0.4) is 0 Å². The zero-order valence-corrected chi connectivity index (χ0v) is 31.9. The van der Waals surface area contributed by atoms with Crippen LogP contribution in [-0.4, -0.2) is 9.97 Å². The van der Waals surface area contributed by atoms with Crippen LogP contribution in [0.15, 0.2) is 194 Å². The Morgan fingerprint density at radius 3 is 1.67 bits per heavy atom. The summed E-state index contributed by atoms with van der Waals surface area (Å²) >= 11 is 0. The Hall–Kier alpha value is -7.16. The average molecular weight is 727 g/mol. The predicted octanol–water partition coefficient (Wildman–Crippen LogP) is 14.6. The van der Waals surface area contributed by atoms with Crippen LogP contribution in [0.5, 0.6) is 0 Å². The van der Waals surface area contributed by atoms with E-state index in [1.165, 1.54) is 60.3 Å². The molecule has 268 valence electrons. The number of hydrogen-bond donors (Lipinski definition) is 0. The van der Waals surface area contributed by atoms with E-state index in [2.05, 4.69) is 208 Å². The number of rotatable bonds is 5. The summed E-state index contributed by atoms with van der Waals surface area (Å²) in [6.07, 6.45) is 0. The molecule has 9 aromatic carbocycles. The molecule has 0 saturated heterocycles. The van der Waals surface area contributed by atoms with Gasteiger partial charge in [-0.15, -0.1) is 0 Å². The van der Waals surface area contributed by atoms with Crippen molar-refractivity contribution in [2.24, 2.45) is 0 Å². The van der Waals surface area contributed by atoms with Crippen molar-refractivity contribution >= 4 is 32.3 Å². The van der Waals surface area contributed by atoms with Gasteiger partial charge in [0.1, 0.15) is 0 Å². The third kappa shape index (κ3) is 5.25. The van der Waals surface area contributed by atoms with Gasteiger partial charge < -0.3 is 0 Å². The molecule has 0 fully saturated rings. The molecule has 0 aliphatic heterocycles. The van der Waals surface area contributed by atoms with Gasteiger partial charge in [-0.2, -0.15) is 0 Å². The molecule has 2 heteroatoms. The highest BCUT2D eigenvalue weighted by molar-refractivity contribution is 6.09. The van der Waals surface area contributed by atoms with Crippen LogP contribution in [-0.2, 0) is 5.41 Å². The summed E-state index contributed by atoms with van der Waals surface area (Å²) in [7, 11) is 0. The molecule has 1 aromatic heterocycles. The normalized spacial score (nSPS) is 12.9. The van der Waals surface area contributed by atoms with E-state index in [1.807, 2.05) is 0 Å². The molecule has 0 spiro atoms. The van der Waals surface area contributed by atoms with Crippen LogP contribution >= 0.6 is 0 Å². The molecule has 0 radical (unpaired) electrons. The highest BCUT2D eigenvalue weighted by Crippen LogP contribution is 2.55. The van der Waals surface area contributed by atoms with Gasteiger partial charge >= 0.3 is 0 Å². The molecule has 0 N–H and O–H groups in total.